The largest absolute Gasteiger partial charge is 0.496 e. The lowest BCUT2D eigenvalue weighted by molar-refractivity contribution is -0.129. The normalized spacial score (nSPS) is 17.6. The summed E-state index contributed by atoms with van der Waals surface area (Å²) in [5.74, 6) is 2.22. The van der Waals surface area contributed by atoms with Crippen molar-refractivity contribution in [2.24, 2.45) is 0 Å². The van der Waals surface area contributed by atoms with Crippen molar-refractivity contribution in [2.75, 3.05) is 58.5 Å². The maximum atomic E-state index is 13.5. The molecule has 2 aromatic heterocycles. The number of carbonyl (C=O) groups is 2. The number of pyridine rings is 1. The zero-order valence-corrected chi connectivity index (χ0v) is 22.1. The molecule has 202 valence electrons. The van der Waals surface area contributed by atoms with Gasteiger partial charge in [0.1, 0.15) is 22.8 Å². The maximum absolute atomic E-state index is 13.5. The van der Waals surface area contributed by atoms with Crippen LogP contribution < -0.4 is 14.4 Å². The minimum absolute atomic E-state index is 0.0282. The minimum atomic E-state index is -0.199. The molecule has 10 nitrogen and oxygen atoms in total. The van der Waals surface area contributed by atoms with Crippen molar-refractivity contribution in [2.45, 2.75) is 32.4 Å². The predicted molar refractivity (Wildman–Crippen MR) is 142 cm³/mol. The summed E-state index contributed by atoms with van der Waals surface area (Å²) in [4.78, 5) is 36.3. The molecule has 2 aliphatic heterocycles. The van der Waals surface area contributed by atoms with Crippen LogP contribution >= 0.6 is 0 Å². The van der Waals surface area contributed by atoms with E-state index >= 15 is 0 Å². The molecule has 10 heteroatoms. The molecule has 0 aliphatic carbocycles. The molecule has 2 fully saturated rings. The zero-order valence-electron chi connectivity index (χ0n) is 22.1. The van der Waals surface area contributed by atoms with Crippen LogP contribution in [0.25, 0.3) is 10.9 Å². The van der Waals surface area contributed by atoms with Crippen LogP contribution in [-0.4, -0.2) is 86.3 Å². The number of amides is 2. The summed E-state index contributed by atoms with van der Waals surface area (Å²) < 4.78 is 22.6. The van der Waals surface area contributed by atoms with Crippen LogP contribution in [0.5, 0.6) is 11.5 Å². The number of ether oxygens (including phenoxy) is 3. The third kappa shape index (κ3) is 5.26. The molecule has 0 spiro atoms. The topological polar surface area (TPSA) is 97.6 Å². The molecule has 0 saturated carbocycles. The molecule has 5 rings (SSSR count). The van der Waals surface area contributed by atoms with Gasteiger partial charge >= 0.3 is 0 Å². The summed E-state index contributed by atoms with van der Waals surface area (Å²) in [6.45, 7) is 5.53. The zero-order chi connectivity index (χ0) is 26.6. The Morgan fingerprint density at radius 3 is 2.50 bits per heavy atom. The van der Waals surface area contributed by atoms with Gasteiger partial charge in [0.25, 0.3) is 5.91 Å². The number of rotatable bonds is 8. The predicted octanol–water partition coefficient (Wildman–Crippen LogP) is 3.33. The highest BCUT2D eigenvalue weighted by Crippen LogP contribution is 2.36. The van der Waals surface area contributed by atoms with Gasteiger partial charge in [0.15, 0.2) is 5.76 Å². The lowest BCUT2D eigenvalue weighted by Crippen LogP contribution is -2.48. The number of aromatic nitrogens is 1. The highest BCUT2D eigenvalue weighted by molar-refractivity contribution is 5.93. The highest BCUT2D eigenvalue weighted by atomic mass is 16.5. The van der Waals surface area contributed by atoms with Gasteiger partial charge in [-0.3, -0.25) is 9.59 Å². The Balaban J connectivity index is 1.57. The van der Waals surface area contributed by atoms with Gasteiger partial charge in [-0.2, -0.15) is 0 Å². The summed E-state index contributed by atoms with van der Waals surface area (Å²) in [5.41, 5.74) is 1.56. The van der Waals surface area contributed by atoms with Gasteiger partial charge in [-0.15, -0.1) is 0 Å². The Morgan fingerprint density at radius 2 is 1.87 bits per heavy atom. The molecule has 2 aliphatic rings. The van der Waals surface area contributed by atoms with Gasteiger partial charge < -0.3 is 33.3 Å². The molecule has 4 heterocycles. The number of nitrogens with zero attached hydrogens (tertiary/aromatic N) is 4. The van der Waals surface area contributed by atoms with E-state index in [1.807, 2.05) is 23.1 Å². The molecule has 3 aromatic rings. The van der Waals surface area contributed by atoms with Crippen LogP contribution in [0.4, 0.5) is 5.82 Å². The number of furan rings is 1. The van der Waals surface area contributed by atoms with Gasteiger partial charge in [0.2, 0.25) is 5.91 Å². The van der Waals surface area contributed by atoms with Crippen molar-refractivity contribution < 1.29 is 28.2 Å². The van der Waals surface area contributed by atoms with Crippen LogP contribution in [0, 0.1) is 0 Å². The van der Waals surface area contributed by atoms with Crippen LogP contribution in [0.1, 0.15) is 35.9 Å². The Hall–Kier alpha value is -3.79. The molecule has 0 bridgehead atoms. The lowest BCUT2D eigenvalue weighted by atomic mass is 10.1. The molecule has 2 saturated heterocycles. The second kappa shape index (κ2) is 11.3. The summed E-state index contributed by atoms with van der Waals surface area (Å²) in [6, 6.07) is 9.13. The molecular weight excluding hydrogens is 488 g/mol. The second-order valence-electron chi connectivity index (χ2n) is 9.63. The van der Waals surface area contributed by atoms with Crippen molar-refractivity contribution in [3.8, 4) is 11.5 Å². The fourth-order valence-corrected chi connectivity index (χ4v) is 5.22. The minimum Gasteiger partial charge on any atom is -0.496 e. The summed E-state index contributed by atoms with van der Waals surface area (Å²) in [6.07, 6.45) is 3.36. The first-order chi connectivity index (χ1) is 18.5. The molecule has 1 aromatic carbocycles. The first kappa shape index (κ1) is 25.8. The van der Waals surface area contributed by atoms with Crippen LogP contribution in [0.3, 0.4) is 0 Å². The molecule has 0 unspecified atom stereocenters. The maximum Gasteiger partial charge on any atom is 0.289 e. The van der Waals surface area contributed by atoms with Crippen LogP contribution in [-0.2, 0) is 16.1 Å². The monoisotopic (exact) mass is 522 g/mol. The van der Waals surface area contributed by atoms with Crippen molar-refractivity contribution in [1.29, 1.82) is 0 Å². The molecular formula is C28H34N4O6. The smallest absolute Gasteiger partial charge is 0.289 e. The first-order valence-electron chi connectivity index (χ1n) is 13.0. The van der Waals surface area contributed by atoms with Gasteiger partial charge in [-0.1, -0.05) is 0 Å². The summed E-state index contributed by atoms with van der Waals surface area (Å²) >= 11 is 0. The van der Waals surface area contributed by atoms with Crippen LogP contribution in [0.15, 0.2) is 41.0 Å². The van der Waals surface area contributed by atoms with Crippen molar-refractivity contribution >= 4 is 28.5 Å². The number of fused-ring (bicyclic) bond motifs is 1. The number of benzene rings is 1. The van der Waals surface area contributed by atoms with E-state index in [1.54, 1.807) is 38.2 Å². The van der Waals surface area contributed by atoms with E-state index < -0.39 is 0 Å². The molecule has 0 radical (unpaired) electrons. The van der Waals surface area contributed by atoms with Gasteiger partial charge in [-0.25, -0.2) is 4.98 Å². The van der Waals surface area contributed by atoms with E-state index in [2.05, 4.69) is 4.90 Å². The van der Waals surface area contributed by atoms with Crippen LogP contribution in [0.2, 0.25) is 0 Å². The number of hydrogen-bond acceptors (Lipinski definition) is 8. The fraction of sp³-hybridized carbons (Fsp3) is 0.464. The second-order valence-corrected chi connectivity index (χ2v) is 9.63. The van der Waals surface area contributed by atoms with E-state index in [0.717, 1.165) is 29.6 Å². The summed E-state index contributed by atoms with van der Waals surface area (Å²) in [7, 11) is 3.24. The van der Waals surface area contributed by atoms with Gasteiger partial charge in [-0.05, 0) is 43.2 Å². The van der Waals surface area contributed by atoms with E-state index in [9.17, 15) is 9.59 Å². The molecule has 0 N–H and O–H groups in total. The number of carbonyl (C=O) groups excluding carboxylic acids is 2. The Labute approximate surface area is 222 Å². The van der Waals surface area contributed by atoms with Crippen molar-refractivity contribution in [1.82, 2.24) is 14.8 Å². The number of methoxy groups -OCH3 is 2. The molecule has 38 heavy (non-hydrogen) atoms. The van der Waals surface area contributed by atoms with Crippen molar-refractivity contribution in [3.05, 3.63) is 47.9 Å². The standard InChI is InChI=1S/C28H34N4O6/c1-19(33)30-10-12-31(13-11-30)27-20(16-22-23(35-2)8-9-24(36-3)26(22)29-27)17-32(18-21-6-4-14-37-21)28(34)25-7-5-15-38-25/h5,7-9,15-16,21H,4,6,10-14,17-18H2,1-3H3/t21-/m0/s1. The van der Waals surface area contributed by atoms with Crippen molar-refractivity contribution in [3.63, 3.8) is 0 Å². The number of hydrogen-bond donors (Lipinski definition) is 0. The van der Waals surface area contributed by atoms with E-state index in [-0.39, 0.29) is 23.7 Å². The average molecular weight is 523 g/mol. The van der Waals surface area contributed by atoms with E-state index in [4.69, 9.17) is 23.6 Å². The average Bonchev–Trinajstić information content (AvgIpc) is 3.66. The highest BCUT2D eigenvalue weighted by Gasteiger charge is 2.29. The van der Waals surface area contributed by atoms with E-state index in [0.29, 0.717) is 62.9 Å². The fourth-order valence-electron chi connectivity index (χ4n) is 5.22. The third-order valence-corrected chi connectivity index (χ3v) is 7.26. The Morgan fingerprint density at radius 1 is 1.11 bits per heavy atom. The number of piperazine rings is 1. The Bertz CT molecular complexity index is 1280. The SMILES string of the molecule is COc1ccc(OC)c2nc(N3CCN(C(C)=O)CC3)c(CN(C[C@@H]3CCCO3)C(=O)c3ccco3)cc12. The quantitative estimate of drug-likeness (QED) is 0.445. The first-order valence-corrected chi connectivity index (χ1v) is 13.0. The van der Waals surface area contributed by atoms with E-state index in [1.165, 1.54) is 6.26 Å². The summed E-state index contributed by atoms with van der Waals surface area (Å²) in [5, 5.41) is 0.801. The van der Waals surface area contributed by atoms with Gasteiger partial charge in [0.05, 0.1) is 26.6 Å². The number of anilines is 1. The molecule has 1 atom stereocenters. The Kier molecular flexibility index (Phi) is 7.69. The van der Waals surface area contributed by atoms with Gasteiger partial charge in [0, 0.05) is 63.7 Å². The lowest BCUT2D eigenvalue weighted by Gasteiger charge is -2.36. The third-order valence-electron chi connectivity index (χ3n) is 7.26. The molecule has 2 amide bonds.